The fourth-order valence-corrected chi connectivity index (χ4v) is 4.13. The number of likely N-dealkylation sites (tertiary alicyclic amines) is 1. The van der Waals surface area contributed by atoms with Crippen molar-refractivity contribution in [3.63, 3.8) is 0 Å². The molecule has 162 valence electrons. The van der Waals surface area contributed by atoms with E-state index in [4.69, 9.17) is 9.15 Å². The molecule has 30 heavy (non-hydrogen) atoms. The van der Waals surface area contributed by atoms with E-state index >= 15 is 0 Å². The van der Waals surface area contributed by atoms with E-state index in [0.717, 1.165) is 42.2 Å². The van der Waals surface area contributed by atoms with Gasteiger partial charge in [0.15, 0.2) is 6.61 Å². The van der Waals surface area contributed by atoms with Crippen molar-refractivity contribution in [2.75, 3.05) is 19.7 Å². The number of piperidine rings is 1. The van der Waals surface area contributed by atoms with Gasteiger partial charge in [0.2, 0.25) is 5.91 Å². The van der Waals surface area contributed by atoms with Crippen LogP contribution in [0.25, 0.3) is 11.0 Å². The highest BCUT2D eigenvalue weighted by atomic mass is 16.5. The monoisotopic (exact) mass is 414 g/mol. The van der Waals surface area contributed by atoms with Crippen LogP contribution < -0.4 is 15.7 Å². The lowest BCUT2D eigenvalue weighted by Crippen LogP contribution is -2.47. The Bertz CT molecular complexity index is 981. The van der Waals surface area contributed by atoms with Gasteiger partial charge in [-0.25, -0.2) is 4.79 Å². The number of carbonyl (C=O) groups excluding carboxylic acids is 2. The first-order chi connectivity index (χ1) is 14.4. The Kier molecular flexibility index (Phi) is 7.13. The number of nitrogens with one attached hydrogen (secondary N) is 1. The predicted octanol–water partition coefficient (Wildman–Crippen LogP) is 2.95. The van der Waals surface area contributed by atoms with Crippen LogP contribution in [0.1, 0.15) is 50.7 Å². The Balaban J connectivity index is 1.75. The highest BCUT2D eigenvalue weighted by molar-refractivity contribution is 5.88. The summed E-state index contributed by atoms with van der Waals surface area (Å²) in [5.74, 6) is 0.440. The minimum atomic E-state index is -0.387. The molecular formula is C23H30N2O5. The molecule has 1 aromatic carbocycles. The molecule has 7 heteroatoms. The van der Waals surface area contributed by atoms with Gasteiger partial charge in [0.05, 0.1) is 5.39 Å². The number of amides is 2. The third-order valence-corrected chi connectivity index (χ3v) is 5.57. The van der Waals surface area contributed by atoms with Crippen molar-refractivity contribution in [2.45, 2.75) is 58.9 Å². The van der Waals surface area contributed by atoms with Gasteiger partial charge in [-0.05, 0) is 62.3 Å². The maximum atomic E-state index is 12.9. The summed E-state index contributed by atoms with van der Waals surface area (Å²) >= 11 is 0. The second kappa shape index (κ2) is 9.78. The van der Waals surface area contributed by atoms with Gasteiger partial charge in [0, 0.05) is 32.1 Å². The lowest BCUT2D eigenvalue weighted by Gasteiger charge is -2.36. The number of rotatable bonds is 7. The molecule has 1 aliphatic heterocycles. The van der Waals surface area contributed by atoms with Crippen LogP contribution in [0.2, 0.25) is 0 Å². The van der Waals surface area contributed by atoms with Crippen molar-refractivity contribution < 1.29 is 18.7 Å². The van der Waals surface area contributed by atoms with Crippen molar-refractivity contribution in [3.8, 4) is 5.75 Å². The number of benzene rings is 1. The van der Waals surface area contributed by atoms with Crippen LogP contribution in [0, 0.1) is 6.92 Å². The molecule has 0 spiro atoms. The summed E-state index contributed by atoms with van der Waals surface area (Å²) < 4.78 is 11.3. The lowest BCUT2D eigenvalue weighted by atomic mass is 9.99. The van der Waals surface area contributed by atoms with Crippen molar-refractivity contribution >= 4 is 22.8 Å². The van der Waals surface area contributed by atoms with E-state index in [1.54, 1.807) is 0 Å². The van der Waals surface area contributed by atoms with Crippen LogP contribution in [0.5, 0.6) is 5.75 Å². The zero-order chi connectivity index (χ0) is 21.7. The van der Waals surface area contributed by atoms with E-state index in [9.17, 15) is 14.4 Å². The Morgan fingerprint density at radius 1 is 1.27 bits per heavy atom. The maximum absolute atomic E-state index is 12.9. The average Bonchev–Trinajstić information content (AvgIpc) is 2.70. The Hall–Kier alpha value is -2.83. The Labute approximate surface area is 176 Å². The topological polar surface area (TPSA) is 88.8 Å². The first-order valence-corrected chi connectivity index (χ1v) is 10.6. The predicted molar refractivity (Wildman–Crippen MR) is 115 cm³/mol. The summed E-state index contributed by atoms with van der Waals surface area (Å²) in [5, 5.41) is 3.56. The van der Waals surface area contributed by atoms with Crippen molar-refractivity contribution in [1.82, 2.24) is 10.2 Å². The van der Waals surface area contributed by atoms with Crippen molar-refractivity contribution in [3.05, 3.63) is 39.7 Å². The van der Waals surface area contributed by atoms with Crippen molar-refractivity contribution in [2.24, 2.45) is 0 Å². The number of aryl methyl sites for hydroxylation is 2. The molecule has 1 fully saturated rings. The highest BCUT2D eigenvalue weighted by Gasteiger charge is 2.27. The summed E-state index contributed by atoms with van der Waals surface area (Å²) in [6.07, 6.45) is 4.39. The number of hydrogen-bond acceptors (Lipinski definition) is 5. The van der Waals surface area contributed by atoms with Crippen LogP contribution >= 0.6 is 0 Å². The molecule has 2 aromatic rings. The molecule has 1 aliphatic rings. The van der Waals surface area contributed by atoms with Crippen LogP contribution in [0.4, 0.5) is 0 Å². The molecule has 1 N–H and O–H groups in total. The number of hydrogen-bond donors (Lipinski definition) is 1. The van der Waals surface area contributed by atoms with E-state index < -0.39 is 0 Å². The largest absolute Gasteiger partial charge is 0.483 e. The van der Waals surface area contributed by atoms with E-state index in [1.165, 1.54) is 13.0 Å². The molecule has 1 aromatic heterocycles. The van der Waals surface area contributed by atoms with Gasteiger partial charge in [0.25, 0.3) is 5.91 Å². The molecule has 3 rings (SSSR count). The van der Waals surface area contributed by atoms with Crippen LogP contribution in [-0.4, -0.2) is 42.5 Å². The second-order valence-electron chi connectivity index (χ2n) is 7.88. The number of fused-ring (bicyclic) bond motifs is 1. The maximum Gasteiger partial charge on any atom is 0.336 e. The quantitative estimate of drug-likeness (QED) is 0.704. The number of carbonyl (C=O) groups is 2. The van der Waals surface area contributed by atoms with Gasteiger partial charge in [0.1, 0.15) is 11.3 Å². The Morgan fingerprint density at radius 2 is 2.07 bits per heavy atom. The van der Waals surface area contributed by atoms with Gasteiger partial charge >= 0.3 is 5.63 Å². The average molecular weight is 415 g/mol. The van der Waals surface area contributed by atoms with Crippen molar-refractivity contribution in [1.29, 1.82) is 0 Å². The van der Waals surface area contributed by atoms with E-state index in [-0.39, 0.29) is 30.1 Å². The Morgan fingerprint density at radius 3 is 2.80 bits per heavy atom. The molecule has 1 unspecified atom stereocenters. The van der Waals surface area contributed by atoms with Crippen LogP contribution in [0.3, 0.4) is 0 Å². The van der Waals surface area contributed by atoms with E-state index in [2.05, 4.69) is 5.32 Å². The third kappa shape index (κ3) is 5.20. The third-order valence-electron chi connectivity index (χ3n) is 5.57. The molecule has 7 nitrogen and oxygen atoms in total. The summed E-state index contributed by atoms with van der Waals surface area (Å²) in [5.41, 5.74) is 1.83. The summed E-state index contributed by atoms with van der Waals surface area (Å²) in [4.78, 5) is 37.8. The molecule has 2 heterocycles. The van der Waals surface area contributed by atoms with E-state index in [1.807, 2.05) is 30.9 Å². The SMILES string of the molecule is CCc1cc(=O)oc2cc(C)cc(OCC(=O)N3CCCCC3CCNC(C)=O)c12. The standard InChI is InChI=1S/C23H30N2O5/c1-4-17-13-22(28)30-20-12-15(2)11-19(23(17)20)29-14-21(27)25-10-6-5-7-18(25)8-9-24-16(3)26/h11-13,18H,4-10,14H2,1-3H3,(H,24,26). The summed E-state index contributed by atoms with van der Waals surface area (Å²) in [6, 6.07) is 5.28. The minimum Gasteiger partial charge on any atom is -0.483 e. The fourth-order valence-electron chi connectivity index (χ4n) is 4.13. The molecule has 0 saturated carbocycles. The molecule has 0 radical (unpaired) electrons. The van der Waals surface area contributed by atoms with E-state index in [0.29, 0.717) is 30.8 Å². The van der Waals surface area contributed by atoms with Gasteiger partial charge in [-0.1, -0.05) is 6.92 Å². The summed E-state index contributed by atoms with van der Waals surface area (Å²) in [6.45, 7) is 6.56. The van der Waals surface area contributed by atoms with Gasteiger partial charge in [-0.3, -0.25) is 9.59 Å². The molecule has 2 amide bonds. The molecule has 1 atom stereocenters. The fraction of sp³-hybridized carbons (Fsp3) is 0.522. The summed E-state index contributed by atoms with van der Waals surface area (Å²) in [7, 11) is 0. The smallest absolute Gasteiger partial charge is 0.336 e. The first-order valence-electron chi connectivity index (χ1n) is 10.6. The first kappa shape index (κ1) is 21.9. The molecule has 1 saturated heterocycles. The van der Waals surface area contributed by atoms with Gasteiger partial charge in [-0.2, -0.15) is 0 Å². The number of nitrogens with zero attached hydrogens (tertiary/aromatic N) is 1. The molecule has 0 bridgehead atoms. The minimum absolute atomic E-state index is 0.0586. The zero-order valence-corrected chi connectivity index (χ0v) is 18.0. The zero-order valence-electron chi connectivity index (χ0n) is 18.0. The second-order valence-corrected chi connectivity index (χ2v) is 7.88. The number of ether oxygens (including phenoxy) is 1. The van der Waals surface area contributed by atoms with Gasteiger partial charge in [-0.15, -0.1) is 0 Å². The molecular weight excluding hydrogens is 384 g/mol. The van der Waals surface area contributed by atoms with Gasteiger partial charge < -0.3 is 19.4 Å². The molecule has 0 aliphatic carbocycles. The van der Waals surface area contributed by atoms with Crippen LogP contribution in [-0.2, 0) is 16.0 Å². The normalized spacial score (nSPS) is 16.5. The lowest BCUT2D eigenvalue weighted by molar-refractivity contribution is -0.137. The highest BCUT2D eigenvalue weighted by Crippen LogP contribution is 2.30. The van der Waals surface area contributed by atoms with Crippen LogP contribution in [0.15, 0.2) is 27.4 Å².